The summed E-state index contributed by atoms with van der Waals surface area (Å²) in [6.07, 6.45) is 0. The lowest BCUT2D eigenvalue weighted by Crippen LogP contribution is -2.02. The van der Waals surface area contributed by atoms with Gasteiger partial charge in [-0.15, -0.1) is 33.7 Å². The molecule has 4 nitrogen and oxygen atoms in total. The molecule has 0 unspecified atom stereocenters. The Labute approximate surface area is 92.2 Å². The van der Waals surface area contributed by atoms with Gasteiger partial charge in [-0.25, -0.2) is 0 Å². The van der Waals surface area contributed by atoms with Crippen LogP contribution in [-0.4, -0.2) is 34.8 Å². The monoisotopic (exact) mass is 230 g/mol. The van der Waals surface area contributed by atoms with E-state index in [2.05, 4.69) is 10.2 Å². The lowest BCUT2D eigenvalue weighted by atomic mass is 10.6. The topological polar surface area (TPSA) is 77.8 Å². The van der Waals surface area contributed by atoms with E-state index in [0.717, 1.165) is 21.6 Å². The number of aromatic nitrogens is 2. The number of rotatable bonds is 6. The van der Waals surface area contributed by atoms with Crippen LogP contribution in [0.3, 0.4) is 0 Å². The third-order valence-electron chi connectivity index (χ3n) is 1.35. The molecule has 0 bridgehead atoms. The van der Waals surface area contributed by atoms with Gasteiger partial charge in [0.1, 0.15) is 10.1 Å². The van der Waals surface area contributed by atoms with Crippen molar-refractivity contribution in [3.8, 4) is 0 Å². The van der Waals surface area contributed by atoms with Crippen molar-refractivity contribution in [2.75, 3.05) is 24.6 Å². The van der Waals surface area contributed by atoms with Gasteiger partial charge in [0.15, 0.2) is 0 Å². The Morgan fingerprint density at radius 3 is 1.64 bits per heavy atom. The molecule has 1 heterocycles. The van der Waals surface area contributed by atoms with Crippen LogP contribution in [0.4, 0.5) is 0 Å². The Kier molecular flexibility index (Phi) is 5.93. The number of hydrogen-bond acceptors (Lipinski definition) is 6. The highest BCUT2D eigenvalue weighted by atomic mass is 32.2. The van der Waals surface area contributed by atoms with Crippen molar-refractivity contribution in [2.45, 2.75) is 10.1 Å². The number of nitrogens with zero attached hydrogens (tertiary/aromatic N) is 2. The highest BCUT2D eigenvalue weighted by Crippen LogP contribution is 2.17. The predicted octanol–water partition coefficient (Wildman–Crippen LogP) is 0.578. The quantitative estimate of drug-likeness (QED) is 0.696. The van der Waals surface area contributed by atoms with Crippen LogP contribution in [-0.2, 0) is 0 Å². The van der Waals surface area contributed by atoms with Crippen LogP contribution < -0.4 is 11.5 Å². The van der Waals surface area contributed by atoms with Gasteiger partial charge >= 0.3 is 0 Å². The standard InChI is InChI=1S/C8H14N4S2/c9-3-5-13-7-1-2-8(12-11-7)14-6-4-10/h1-2H,3-6,9-10H2. The number of hydrogen-bond donors (Lipinski definition) is 2. The maximum Gasteiger partial charge on any atom is 0.119 e. The Morgan fingerprint density at radius 1 is 0.929 bits per heavy atom. The second kappa shape index (κ2) is 7.05. The van der Waals surface area contributed by atoms with E-state index < -0.39 is 0 Å². The maximum absolute atomic E-state index is 5.38. The molecule has 0 fully saturated rings. The van der Waals surface area contributed by atoms with E-state index in [9.17, 15) is 0 Å². The van der Waals surface area contributed by atoms with E-state index in [0.29, 0.717) is 13.1 Å². The molecule has 0 spiro atoms. The zero-order valence-corrected chi connectivity index (χ0v) is 9.48. The summed E-state index contributed by atoms with van der Waals surface area (Å²) in [6, 6.07) is 3.93. The Morgan fingerprint density at radius 2 is 1.36 bits per heavy atom. The van der Waals surface area contributed by atoms with Gasteiger partial charge in [-0.2, -0.15) is 0 Å². The minimum atomic E-state index is 0.663. The summed E-state index contributed by atoms with van der Waals surface area (Å²) in [6.45, 7) is 1.33. The van der Waals surface area contributed by atoms with Crippen LogP contribution in [0, 0.1) is 0 Å². The largest absolute Gasteiger partial charge is 0.330 e. The molecule has 0 aliphatic rings. The Balaban J connectivity index is 2.42. The van der Waals surface area contributed by atoms with Gasteiger partial charge in [0.05, 0.1) is 0 Å². The molecule has 1 aromatic heterocycles. The zero-order chi connectivity index (χ0) is 10.2. The van der Waals surface area contributed by atoms with Crippen molar-refractivity contribution >= 4 is 23.5 Å². The molecule has 0 aromatic carbocycles. The van der Waals surface area contributed by atoms with Gasteiger partial charge in [-0.05, 0) is 12.1 Å². The molecule has 14 heavy (non-hydrogen) atoms. The molecule has 4 N–H and O–H groups in total. The van der Waals surface area contributed by atoms with Gasteiger partial charge in [0.2, 0.25) is 0 Å². The number of thioether (sulfide) groups is 2. The fraction of sp³-hybridized carbons (Fsp3) is 0.500. The van der Waals surface area contributed by atoms with Crippen molar-refractivity contribution in [2.24, 2.45) is 11.5 Å². The molecule has 78 valence electrons. The third-order valence-corrected chi connectivity index (χ3v) is 3.26. The minimum Gasteiger partial charge on any atom is -0.330 e. The van der Waals surface area contributed by atoms with E-state index in [1.807, 2.05) is 12.1 Å². The summed E-state index contributed by atoms with van der Waals surface area (Å²) in [5.74, 6) is 1.76. The molecular weight excluding hydrogens is 216 g/mol. The molecule has 0 amide bonds. The fourth-order valence-electron chi connectivity index (χ4n) is 0.789. The lowest BCUT2D eigenvalue weighted by Gasteiger charge is -1.99. The smallest absolute Gasteiger partial charge is 0.119 e. The summed E-state index contributed by atoms with van der Waals surface area (Å²) >= 11 is 3.24. The van der Waals surface area contributed by atoms with Gasteiger partial charge in [-0.3, -0.25) is 0 Å². The van der Waals surface area contributed by atoms with E-state index in [4.69, 9.17) is 11.5 Å². The van der Waals surface area contributed by atoms with Gasteiger partial charge in [0.25, 0.3) is 0 Å². The van der Waals surface area contributed by atoms with E-state index >= 15 is 0 Å². The first-order valence-electron chi connectivity index (χ1n) is 4.36. The SMILES string of the molecule is NCCSc1ccc(SCCN)nn1. The van der Waals surface area contributed by atoms with E-state index in [1.54, 1.807) is 23.5 Å². The van der Waals surface area contributed by atoms with Crippen LogP contribution in [0.15, 0.2) is 22.2 Å². The lowest BCUT2D eigenvalue weighted by molar-refractivity contribution is 0.854. The average Bonchev–Trinajstić information content (AvgIpc) is 2.25. The molecule has 0 aliphatic heterocycles. The van der Waals surface area contributed by atoms with Crippen molar-refractivity contribution in [3.05, 3.63) is 12.1 Å². The fourth-order valence-corrected chi connectivity index (χ4v) is 1.97. The minimum absolute atomic E-state index is 0.663. The van der Waals surface area contributed by atoms with Gasteiger partial charge in [0, 0.05) is 24.6 Å². The van der Waals surface area contributed by atoms with E-state index in [-0.39, 0.29) is 0 Å². The summed E-state index contributed by atoms with van der Waals surface area (Å²) in [4.78, 5) is 0. The molecule has 0 atom stereocenters. The normalized spacial score (nSPS) is 10.4. The first-order valence-corrected chi connectivity index (χ1v) is 6.33. The summed E-state index contributed by atoms with van der Waals surface area (Å²) in [5, 5.41) is 9.98. The van der Waals surface area contributed by atoms with Crippen molar-refractivity contribution in [1.29, 1.82) is 0 Å². The summed E-state index contributed by atoms with van der Waals surface area (Å²) in [5.41, 5.74) is 10.8. The van der Waals surface area contributed by atoms with E-state index in [1.165, 1.54) is 0 Å². The summed E-state index contributed by atoms with van der Waals surface area (Å²) < 4.78 is 0. The molecule has 0 saturated heterocycles. The molecule has 1 aromatic rings. The average molecular weight is 230 g/mol. The third kappa shape index (κ3) is 4.28. The summed E-state index contributed by atoms with van der Waals surface area (Å²) in [7, 11) is 0. The Hall–Kier alpha value is -0.300. The Bertz CT molecular complexity index is 225. The van der Waals surface area contributed by atoms with Crippen molar-refractivity contribution in [1.82, 2.24) is 10.2 Å². The molecule has 1 rings (SSSR count). The van der Waals surface area contributed by atoms with Crippen molar-refractivity contribution in [3.63, 3.8) is 0 Å². The first-order chi connectivity index (χ1) is 6.86. The molecule has 0 saturated carbocycles. The second-order valence-electron chi connectivity index (χ2n) is 2.48. The van der Waals surface area contributed by atoms with Crippen LogP contribution in [0.2, 0.25) is 0 Å². The van der Waals surface area contributed by atoms with Crippen LogP contribution in [0.1, 0.15) is 0 Å². The molecule has 6 heteroatoms. The maximum atomic E-state index is 5.38. The highest BCUT2D eigenvalue weighted by Gasteiger charge is 1.98. The first kappa shape index (κ1) is 11.8. The number of nitrogens with two attached hydrogens (primary N) is 2. The van der Waals surface area contributed by atoms with Gasteiger partial charge < -0.3 is 11.5 Å². The van der Waals surface area contributed by atoms with Crippen LogP contribution in [0.5, 0.6) is 0 Å². The molecule has 0 aliphatic carbocycles. The molecule has 0 radical (unpaired) electrons. The van der Waals surface area contributed by atoms with Crippen LogP contribution >= 0.6 is 23.5 Å². The van der Waals surface area contributed by atoms with Crippen molar-refractivity contribution < 1.29 is 0 Å². The van der Waals surface area contributed by atoms with Gasteiger partial charge in [-0.1, -0.05) is 0 Å². The second-order valence-corrected chi connectivity index (χ2v) is 4.71. The molecular formula is C8H14N4S2. The highest BCUT2D eigenvalue weighted by molar-refractivity contribution is 7.99. The predicted molar refractivity (Wildman–Crippen MR) is 61.6 cm³/mol. The zero-order valence-electron chi connectivity index (χ0n) is 7.85. The van der Waals surface area contributed by atoms with Crippen LogP contribution in [0.25, 0.3) is 0 Å².